The Morgan fingerprint density at radius 1 is 1.18 bits per heavy atom. The van der Waals surface area contributed by atoms with Crippen molar-refractivity contribution >= 4 is 27.7 Å². The molecule has 5 heteroatoms. The third kappa shape index (κ3) is 3.65. The number of carbonyl (C=O) groups excluding carboxylic acids is 1. The average molecular weight is 360 g/mol. The van der Waals surface area contributed by atoms with Gasteiger partial charge in [0.05, 0.1) is 0 Å². The van der Waals surface area contributed by atoms with Gasteiger partial charge in [0, 0.05) is 35.9 Å². The van der Waals surface area contributed by atoms with Crippen molar-refractivity contribution in [1.29, 1.82) is 0 Å². The number of aromatic nitrogens is 1. The third-order valence-corrected chi connectivity index (χ3v) is 4.33. The van der Waals surface area contributed by atoms with Crippen LogP contribution in [-0.2, 0) is 6.54 Å². The maximum absolute atomic E-state index is 12.1. The number of anilines is 1. The molecular weight excluding hydrogens is 342 g/mol. The molecule has 0 unspecified atom stereocenters. The summed E-state index contributed by atoms with van der Waals surface area (Å²) in [6.45, 7) is 2.65. The molecule has 1 aromatic carbocycles. The van der Waals surface area contributed by atoms with Gasteiger partial charge in [0.1, 0.15) is 5.82 Å². The molecule has 0 saturated carbocycles. The predicted octanol–water partition coefficient (Wildman–Crippen LogP) is 3.37. The molecule has 1 amide bonds. The third-order valence-electron chi connectivity index (χ3n) is 3.80. The zero-order valence-electron chi connectivity index (χ0n) is 12.3. The highest BCUT2D eigenvalue weighted by Crippen LogP contribution is 2.18. The minimum absolute atomic E-state index is 0.0629. The fourth-order valence-electron chi connectivity index (χ4n) is 2.58. The summed E-state index contributed by atoms with van der Waals surface area (Å²) in [6.07, 6.45) is 4.27. The van der Waals surface area contributed by atoms with Crippen LogP contribution >= 0.6 is 15.9 Å². The van der Waals surface area contributed by atoms with E-state index in [4.69, 9.17) is 0 Å². The van der Waals surface area contributed by atoms with Crippen molar-refractivity contribution in [1.82, 2.24) is 10.3 Å². The van der Waals surface area contributed by atoms with E-state index in [0.29, 0.717) is 12.1 Å². The molecule has 4 nitrogen and oxygen atoms in total. The molecule has 0 aliphatic carbocycles. The monoisotopic (exact) mass is 359 g/mol. The van der Waals surface area contributed by atoms with Crippen molar-refractivity contribution in [2.45, 2.75) is 19.4 Å². The molecule has 1 aromatic heterocycles. The average Bonchev–Trinajstić information content (AvgIpc) is 3.08. The molecule has 0 spiro atoms. The van der Waals surface area contributed by atoms with Crippen molar-refractivity contribution in [3.63, 3.8) is 0 Å². The van der Waals surface area contributed by atoms with Crippen molar-refractivity contribution in [2.24, 2.45) is 0 Å². The quantitative estimate of drug-likeness (QED) is 0.909. The normalized spacial score (nSPS) is 14.1. The molecule has 1 N–H and O–H groups in total. The lowest BCUT2D eigenvalue weighted by Gasteiger charge is -2.17. The van der Waals surface area contributed by atoms with Gasteiger partial charge < -0.3 is 10.2 Å². The van der Waals surface area contributed by atoms with Crippen molar-refractivity contribution in [3.8, 4) is 0 Å². The Morgan fingerprint density at radius 3 is 2.64 bits per heavy atom. The number of nitrogens with one attached hydrogen (secondary N) is 1. The van der Waals surface area contributed by atoms with Crippen molar-refractivity contribution in [3.05, 3.63) is 58.2 Å². The smallest absolute Gasteiger partial charge is 0.251 e. The molecule has 0 radical (unpaired) electrons. The van der Waals surface area contributed by atoms with E-state index in [1.807, 2.05) is 36.5 Å². The van der Waals surface area contributed by atoms with Gasteiger partial charge in [-0.15, -0.1) is 0 Å². The second-order valence-electron chi connectivity index (χ2n) is 5.41. The van der Waals surface area contributed by atoms with Gasteiger partial charge >= 0.3 is 0 Å². The van der Waals surface area contributed by atoms with Crippen LogP contribution in [0, 0.1) is 0 Å². The van der Waals surface area contributed by atoms with E-state index in [1.54, 1.807) is 0 Å². The second-order valence-corrected chi connectivity index (χ2v) is 6.32. The number of hydrogen-bond acceptors (Lipinski definition) is 3. The molecule has 114 valence electrons. The molecule has 1 fully saturated rings. The van der Waals surface area contributed by atoms with E-state index in [2.05, 4.69) is 37.2 Å². The largest absolute Gasteiger partial charge is 0.357 e. The van der Waals surface area contributed by atoms with Gasteiger partial charge in [0.15, 0.2) is 0 Å². The number of nitrogens with zero attached hydrogens (tertiary/aromatic N) is 2. The second kappa shape index (κ2) is 6.92. The molecule has 0 bridgehead atoms. The SMILES string of the molecule is O=C(NCc1ccnc(N2CCCC2)c1)c1ccc(Br)cc1. The number of pyridine rings is 1. The maximum atomic E-state index is 12.1. The van der Waals surface area contributed by atoms with E-state index in [1.165, 1.54) is 12.8 Å². The Kier molecular flexibility index (Phi) is 4.73. The number of rotatable bonds is 4. The Labute approximate surface area is 138 Å². The van der Waals surface area contributed by atoms with Crippen LogP contribution in [0.15, 0.2) is 47.1 Å². The first kappa shape index (κ1) is 15.0. The summed E-state index contributed by atoms with van der Waals surface area (Å²) in [5.41, 5.74) is 1.74. The zero-order chi connectivity index (χ0) is 15.4. The van der Waals surface area contributed by atoms with Gasteiger partial charge in [0.2, 0.25) is 0 Å². The van der Waals surface area contributed by atoms with E-state index in [-0.39, 0.29) is 5.91 Å². The van der Waals surface area contributed by atoms with Crippen molar-refractivity contribution < 1.29 is 4.79 Å². The minimum Gasteiger partial charge on any atom is -0.357 e. The predicted molar refractivity (Wildman–Crippen MR) is 91.0 cm³/mol. The topological polar surface area (TPSA) is 45.2 Å². The number of halogens is 1. The maximum Gasteiger partial charge on any atom is 0.251 e. The van der Waals surface area contributed by atoms with Gasteiger partial charge in [-0.05, 0) is 54.8 Å². The molecule has 22 heavy (non-hydrogen) atoms. The van der Waals surface area contributed by atoms with Crippen LogP contribution in [-0.4, -0.2) is 24.0 Å². The van der Waals surface area contributed by atoms with Crippen LogP contribution in [0.25, 0.3) is 0 Å². The fourth-order valence-corrected chi connectivity index (χ4v) is 2.84. The lowest BCUT2D eigenvalue weighted by Crippen LogP contribution is -2.23. The van der Waals surface area contributed by atoms with Crippen LogP contribution in [0.2, 0.25) is 0 Å². The van der Waals surface area contributed by atoms with E-state index in [0.717, 1.165) is 28.9 Å². The highest BCUT2D eigenvalue weighted by Gasteiger charge is 2.13. The number of benzene rings is 1. The molecule has 3 rings (SSSR count). The van der Waals surface area contributed by atoms with E-state index >= 15 is 0 Å². The van der Waals surface area contributed by atoms with E-state index in [9.17, 15) is 4.79 Å². The van der Waals surface area contributed by atoms with Gasteiger partial charge in [-0.2, -0.15) is 0 Å². The highest BCUT2D eigenvalue weighted by atomic mass is 79.9. The van der Waals surface area contributed by atoms with Crippen LogP contribution < -0.4 is 10.2 Å². The first-order valence-corrected chi connectivity index (χ1v) is 8.25. The molecule has 1 aliphatic heterocycles. The fraction of sp³-hybridized carbons (Fsp3) is 0.294. The summed E-state index contributed by atoms with van der Waals surface area (Å²) >= 11 is 3.37. The number of carbonyl (C=O) groups is 1. The van der Waals surface area contributed by atoms with Gasteiger partial charge in [0.25, 0.3) is 5.91 Å². The lowest BCUT2D eigenvalue weighted by atomic mass is 10.2. The molecule has 1 saturated heterocycles. The Bertz CT molecular complexity index is 651. The standard InChI is InChI=1S/C17H18BrN3O/c18-15-5-3-14(4-6-15)17(22)20-12-13-7-8-19-16(11-13)21-9-1-2-10-21/h3-8,11H,1-2,9-10,12H2,(H,20,22). The summed E-state index contributed by atoms with van der Waals surface area (Å²) in [5.74, 6) is 0.944. The summed E-state index contributed by atoms with van der Waals surface area (Å²) in [7, 11) is 0. The van der Waals surface area contributed by atoms with Gasteiger partial charge in [-0.3, -0.25) is 4.79 Å². The van der Waals surface area contributed by atoms with Crippen LogP contribution in [0.3, 0.4) is 0 Å². The van der Waals surface area contributed by atoms with E-state index < -0.39 is 0 Å². The summed E-state index contributed by atoms with van der Waals surface area (Å²) in [4.78, 5) is 18.8. The molecule has 2 aromatic rings. The lowest BCUT2D eigenvalue weighted by molar-refractivity contribution is 0.0951. The van der Waals surface area contributed by atoms with Gasteiger partial charge in [-0.25, -0.2) is 4.98 Å². The van der Waals surface area contributed by atoms with Crippen LogP contribution in [0.1, 0.15) is 28.8 Å². The van der Waals surface area contributed by atoms with Crippen LogP contribution in [0.4, 0.5) is 5.82 Å². The zero-order valence-corrected chi connectivity index (χ0v) is 13.8. The summed E-state index contributed by atoms with van der Waals surface area (Å²) < 4.78 is 0.966. The van der Waals surface area contributed by atoms with Gasteiger partial charge in [-0.1, -0.05) is 15.9 Å². The van der Waals surface area contributed by atoms with Crippen molar-refractivity contribution in [2.75, 3.05) is 18.0 Å². The first-order chi connectivity index (χ1) is 10.7. The molecular formula is C17H18BrN3O. The van der Waals surface area contributed by atoms with Crippen LogP contribution in [0.5, 0.6) is 0 Å². The first-order valence-electron chi connectivity index (χ1n) is 7.46. The number of amides is 1. The minimum atomic E-state index is -0.0629. The molecule has 2 heterocycles. The molecule has 1 aliphatic rings. The Morgan fingerprint density at radius 2 is 1.91 bits per heavy atom. The Balaban J connectivity index is 1.62. The molecule has 0 atom stereocenters. The highest BCUT2D eigenvalue weighted by molar-refractivity contribution is 9.10. The summed E-state index contributed by atoms with van der Waals surface area (Å²) in [5, 5.41) is 2.95. The summed E-state index contributed by atoms with van der Waals surface area (Å²) in [6, 6.07) is 11.4. The number of hydrogen-bond donors (Lipinski definition) is 1. The Hall–Kier alpha value is -1.88.